The van der Waals surface area contributed by atoms with Crippen molar-refractivity contribution in [3.8, 4) is 23.0 Å². The maximum absolute atomic E-state index is 15.0. The van der Waals surface area contributed by atoms with Crippen LogP contribution in [-0.4, -0.2) is 36.7 Å². The number of carboxylic acids is 1. The summed E-state index contributed by atoms with van der Waals surface area (Å²) in [4.78, 5) is 15.1. The molecule has 0 spiro atoms. The molecule has 7 nitrogen and oxygen atoms in total. The van der Waals surface area contributed by atoms with Crippen molar-refractivity contribution >= 4 is 23.5 Å². The first-order valence-electron chi connectivity index (χ1n) is 12.0. The molecule has 0 saturated heterocycles. The second-order valence-electron chi connectivity index (χ2n) is 8.86. The van der Waals surface area contributed by atoms with Gasteiger partial charge in [-0.3, -0.25) is 4.99 Å². The first-order chi connectivity index (χ1) is 18.4. The van der Waals surface area contributed by atoms with Crippen molar-refractivity contribution in [2.45, 2.75) is 25.4 Å². The maximum atomic E-state index is 15.0. The van der Waals surface area contributed by atoms with Crippen molar-refractivity contribution in [1.82, 2.24) is 0 Å². The van der Waals surface area contributed by atoms with Gasteiger partial charge >= 0.3 is 5.97 Å². The van der Waals surface area contributed by atoms with Crippen LogP contribution in [0.3, 0.4) is 0 Å². The minimum Gasteiger partial charge on any atom is -0.488 e. The molecule has 0 amide bonds. The van der Waals surface area contributed by atoms with E-state index in [1.807, 2.05) is 0 Å². The molecule has 5 rings (SSSR count). The lowest BCUT2D eigenvalue weighted by atomic mass is 10.1. The average molecular weight is 519 g/mol. The third-order valence-electron chi connectivity index (χ3n) is 6.55. The summed E-state index contributed by atoms with van der Waals surface area (Å²) in [7, 11) is 1.59. The van der Waals surface area contributed by atoms with E-state index in [2.05, 4.69) is 4.99 Å². The number of carboxylic acid groups (broad SMARTS) is 1. The molecule has 2 N–H and O–H groups in total. The molecule has 2 aliphatic rings. The standard InChI is InChI=1S/C29H24F2N2O5/c1-33-23(10-11-32)16-2-7-25(22(31)12-16)38-24-9-6-21(30)29-20(24)5-8-26(29)37-18-3-4-19-17(13-28(34)35)15-36-27(19)14-18/h2-4,6-7,9,11-14,26,32H,5,8,10,15H2,1H3,(H,34,35). The fourth-order valence-electron chi connectivity index (χ4n) is 4.80. The van der Waals surface area contributed by atoms with E-state index in [0.717, 1.165) is 6.08 Å². The molecule has 194 valence electrons. The maximum Gasteiger partial charge on any atom is 0.328 e. The predicted octanol–water partition coefficient (Wildman–Crippen LogP) is 6.14. The van der Waals surface area contributed by atoms with E-state index in [1.54, 1.807) is 31.3 Å². The molecule has 1 atom stereocenters. The fraction of sp³-hybridized carbons (Fsp3) is 0.207. The molecule has 1 aliphatic heterocycles. The van der Waals surface area contributed by atoms with E-state index in [-0.39, 0.29) is 12.4 Å². The molecule has 0 radical (unpaired) electrons. The monoisotopic (exact) mass is 518 g/mol. The van der Waals surface area contributed by atoms with Crippen LogP contribution in [0.5, 0.6) is 23.0 Å². The number of nitrogens with one attached hydrogen (secondary N) is 1. The highest BCUT2D eigenvalue weighted by atomic mass is 19.1. The zero-order valence-corrected chi connectivity index (χ0v) is 20.5. The molecule has 3 aromatic carbocycles. The first-order valence-corrected chi connectivity index (χ1v) is 12.0. The van der Waals surface area contributed by atoms with Gasteiger partial charge < -0.3 is 24.7 Å². The van der Waals surface area contributed by atoms with Gasteiger partial charge in [0, 0.05) is 59.8 Å². The Morgan fingerprint density at radius 3 is 2.71 bits per heavy atom. The van der Waals surface area contributed by atoms with Crippen LogP contribution < -0.4 is 14.2 Å². The number of rotatable bonds is 8. The van der Waals surface area contributed by atoms with Gasteiger partial charge in [-0.05, 0) is 60.9 Å². The van der Waals surface area contributed by atoms with Crippen LogP contribution in [0.15, 0.2) is 59.6 Å². The number of ether oxygens (including phenoxy) is 3. The number of carbonyl (C=O) groups is 1. The van der Waals surface area contributed by atoms with Gasteiger partial charge in [0.1, 0.15) is 35.8 Å². The van der Waals surface area contributed by atoms with E-state index < -0.39 is 23.7 Å². The van der Waals surface area contributed by atoms with Gasteiger partial charge in [0.05, 0.1) is 0 Å². The Bertz CT molecular complexity index is 1500. The van der Waals surface area contributed by atoms with Crippen LogP contribution in [-0.2, 0) is 11.2 Å². The molecule has 0 saturated carbocycles. The summed E-state index contributed by atoms with van der Waals surface area (Å²) < 4.78 is 47.4. The largest absolute Gasteiger partial charge is 0.488 e. The lowest BCUT2D eigenvalue weighted by molar-refractivity contribution is -0.131. The Hall–Kier alpha value is -4.53. The molecule has 38 heavy (non-hydrogen) atoms. The van der Waals surface area contributed by atoms with E-state index in [0.29, 0.717) is 70.0 Å². The first kappa shape index (κ1) is 25.1. The van der Waals surface area contributed by atoms with Gasteiger partial charge in [-0.1, -0.05) is 0 Å². The zero-order valence-electron chi connectivity index (χ0n) is 20.5. The molecule has 1 aliphatic carbocycles. The third kappa shape index (κ3) is 4.87. The van der Waals surface area contributed by atoms with Crippen LogP contribution in [0.2, 0.25) is 0 Å². The molecule has 3 aromatic rings. The van der Waals surface area contributed by atoms with E-state index in [4.69, 9.17) is 24.7 Å². The van der Waals surface area contributed by atoms with Crippen molar-refractivity contribution in [1.29, 1.82) is 5.41 Å². The van der Waals surface area contributed by atoms with Gasteiger partial charge in [-0.25, -0.2) is 13.6 Å². The second-order valence-corrected chi connectivity index (χ2v) is 8.86. The second kappa shape index (κ2) is 10.5. The van der Waals surface area contributed by atoms with Crippen molar-refractivity contribution < 1.29 is 32.9 Å². The minimum absolute atomic E-state index is 0.00164. The molecular weight excluding hydrogens is 494 g/mol. The SMILES string of the molecule is CN=C(CC=N)c1ccc(Oc2ccc(F)c3c2CCC3Oc2ccc3c(c2)OCC3=CC(=O)O)c(F)c1. The highest BCUT2D eigenvalue weighted by Gasteiger charge is 2.31. The molecule has 0 bridgehead atoms. The van der Waals surface area contributed by atoms with Gasteiger partial charge in [0.25, 0.3) is 0 Å². The van der Waals surface area contributed by atoms with Crippen LogP contribution in [0.25, 0.3) is 5.57 Å². The highest BCUT2D eigenvalue weighted by Crippen LogP contribution is 2.44. The van der Waals surface area contributed by atoms with E-state index in [9.17, 15) is 13.6 Å². The average Bonchev–Trinajstić information content (AvgIpc) is 3.50. The predicted molar refractivity (Wildman–Crippen MR) is 138 cm³/mol. The van der Waals surface area contributed by atoms with Crippen LogP contribution in [0.1, 0.15) is 41.2 Å². The third-order valence-corrected chi connectivity index (χ3v) is 6.55. The van der Waals surface area contributed by atoms with Crippen molar-refractivity contribution in [3.63, 3.8) is 0 Å². The summed E-state index contributed by atoms with van der Waals surface area (Å²) in [5.74, 6) is -0.768. The summed E-state index contributed by atoms with van der Waals surface area (Å²) in [5, 5.41) is 16.3. The fourth-order valence-corrected chi connectivity index (χ4v) is 4.80. The van der Waals surface area contributed by atoms with Crippen molar-refractivity contribution in [2.75, 3.05) is 13.7 Å². The minimum atomic E-state index is -1.05. The van der Waals surface area contributed by atoms with Crippen LogP contribution in [0.4, 0.5) is 8.78 Å². The van der Waals surface area contributed by atoms with Crippen LogP contribution in [0, 0.1) is 17.0 Å². The quantitative estimate of drug-likeness (QED) is 0.275. The van der Waals surface area contributed by atoms with Crippen LogP contribution >= 0.6 is 0 Å². The molecule has 1 heterocycles. The Balaban J connectivity index is 1.37. The lowest BCUT2D eigenvalue weighted by Crippen LogP contribution is -2.06. The lowest BCUT2D eigenvalue weighted by Gasteiger charge is -2.17. The Morgan fingerprint density at radius 1 is 1.16 bits per heavy atom. The number of aliphatic carboxylic acids is 1. The van der Waals surface area contributed by atoms with E-state index in [1.165, 1.54) is 30.5 Å². The van der Waals surface area contributed by atoms with Crippen molar-refractivity contribution in [2.24, 2.45) is 4.99 Å². The molecular formula is C29H24F2N2O5. The number of fused-ring (bicyclic) bond motifs is 2. The molecule has 9 heteroatoms. The number of halogens is 2. The summed E-state index contributed by atoms with van der Waals surface area (Å²) in [6.45, 7) is 0.152. The number of hydrogen-bond donors (Lipinski definition) is 2. The number of nitrogens with zero attached hydrogens (tertiary/aromatic N) is 1. The number of benzene rings is 3. The highest BCUT2D eigenvalue weighted by molar-refractivity contribution is 6.06. The van der Waals surface area contributed by atoms with Crippen molar-refractivity contribution in [3.05, 3.63) is 88.5 Å². The van der Waals surface area contributed by atoms with Gasteiger partial charge in [0.15, 0.2) is 11.6 Å². The normalized spacial score (nSPS) is 17.1. The Labute approximate surface area is 217 Å². The topological polar surface area (TPSA) is 101 Å². The smallest absolute Gasteiger partial charge is 0.328 e. The van der Waals surface area contributed by atoms with Gasteiger partial charge in [-0.2, -0.15) is 0 Å². The summed E-state index contributed by atoms with van der Waals surface area (Å²) in [6.07, 6.45) is 2.99. The summed E-state index contributed by atoms with van der Waals surface area (Å²) in [5.41, 5.74) is 3.35. The summed E-state index contributed by atoms with van der Waals surface area (Å²) >= 11 is 0. The number of aliphatic imine (C=N–C) groups is 1. The van der Waals surface area contributed by atoms with Gasteiger partial charge in [0.2, 0.25) is 0 Å². The van der Waals surface area contributed by atoms with E-state index >= 15 is 0 Å². The molecule has 0 fully saturated rings. The summed E-state index contributed by atoms with van der Waals surface area (Å²) in [6, 6.07) is 12.3. The zero-order chi connectivity index (χ0) is 26.8. The Kier molecular flexibility index (Phi) is 6.91. The molecule has 1 unspecified atom stereocenters. The van der Waals surface area contributed by atoms with Gasteiger partial charge in [-0.15, -0.1) is 0 Å². The Morgan fingerprint density at radius 2 is 1.97 bits per heavy atom. The number of hydrogen-bond acceptors (Lipinski definition) is 6. The molecule has 0 aromatic heterocycles.